The van der Waals surface area contributed by atoms with E-state index in [2.05, 4.69) is 10.6 Å². The average molecular weight is 309 g/mol. The van der Waals surface area contributed by atoms with Crippen molar-refractivity contribution in [1.82, 2.24) is 4.90 Å². The number of anilines is 2. The molecule has 1 unspecified atom stereocenters. The fourth-order valence-electron chi connectivity index (χ4n) is 2.82. The van der Waals surface area contributed by atoms with E-state index in [0.29, 0.717) is 12.0 Å². The fourth-order valence-corrected chi connectivity index (χ4v) is 4.60. The Morgan fingerprint density at radius 2 is 1.95 bits per heavy atom. The summed E-state index contributed by atoms with van der Waals surface area (Å²) in [4.78, 5) is 14.1. The second kappa shape index (κ2) is 5.22. The van der Waals surface area contributed by atoms with E-state index in [-0.39, 0.29) is 23.5 Å². The van der Waals surface area contributed by atoms with Crippen LogP contribution in [0.15, 0.2) is 18.2 Å². The summed E-state index contributed by atoms with van der Waals surface area (Å²) in [5.74, 6) is 0.109. The Morgan fingerprint density at radius 1 is 1.24 bits per heavy atom. The molecule has 1 atom stereocenters. The number of nitrogens with zero attached hydrogens (tertiary/aromatic N) is 1. The van der Waals surface area contributed by atoms with Gasteiger partial charge in [0.25, 0.3) is 5.91 Å². The molecule has 6 nitrogen and oxygen atoms in total. The summed E-state index contributed by atoms with van der Waals surface area (Å²) in [5.41, 5.74) is 2.49. The number of benzene rings is 1. The van der Waals surface area contributed by atoms with Crippen molar-refractivity contribution < 1.29 is 13.2 Å². The monoisotopic (exact) mass is 309 g/mol. The smallest absolute Gasteiger partial charge is 0.253 e. The molecule has 0 aromatic heterocycles. The lowest BCUT2D eigenvalue weighted by atomic mass is 10.1. The third kappa shape index (κ3) is 2.83. The van der Waals surface area contributed by atoms with Crippen molar-refractivity contribution in [2.45, 2.75) is 12.5 Å². The zero-order valence-corrected chi connectivity index (χ0v) is 12.7. The molecule has 7 heteroatoms. The van der Waals surface area contributed by atoms with E-state index in [9.17, 15) is 13.2 Å². The highest BCUT2D eigenvalue weighted by molar-refractivity contribution is 7.91. The summed E-state index contributed by atoms with van der Waals surface area (Å²) in [5, 5.41) is 6.51. The van der Waals surface area contributed by atoms with Gasteiger partial charge in [-0.2, -0.15) is 0 Å². The van der Waals surface area contributed by atoms with Gasteiger partial charge >= 0.3 is 0 Å². The minimum absolute atomic E-state index is 0.0694. The van der Waals surface area contributed by atoms with Gasteiger partial charge in [-0.05, 0) is 24.6 Å². The van der Waals surface area contributed by atoms with Gasteiger partial charge in [-0.3, -0.25) is 4.79 Å². The van der Waals surface area contributed by atoms with E-state index in [0.717, 1.165) is 24.5 Å². The number of sulfone groups is 1. The maximum absolute atomic E-state index is 12.5. The Kier molecular flexibility index (Phi) is 3.52. The van der Waals surface area contributed by atoms with Crippen molar-refractivity contribution >= 4 is 27.1 Å². The van der Waals surface area contributed by atoms with E-state index in [1.807, 2.05) is 12.1 Å². The quantitative estimate of drug-likeness (QED) is 0.844. The first-order valence-corrected chi connectivity index (χ1v) is 8.88. The molecule has 2 aliphatic heterocycles. The maximum atomic E-state index is 12.5. The van der Waals surface area contributed by atoms with Crippen LogP contribution in [0.25, 0.3) is 0 Å². The Morgan fingerprint density at radius 3 is 2.62 bits per heavy atom. The highest BCUT2D eigenvalue weighted by Crippen LogP contribution is 2.26. The Bertz CT molecular complexity index is 672. The molecule has 1 saturated heterocycles. The highest BCUT2D eigenvalue weighted by atomic mass is 32.2. The number of rotatable bonds is 2. The topological polar surface area (TPSA) is 78.5 Å². The van der Waals surface area contributed by atoms with Gasteiger partial charge in [0.2, 0.25) is 0 Å². The summed E-state index contributed by atoms with van der Waals surface area (Å²) < 4.78 is 23.1. The molecule has 2 aliphatic rings. The lowest BCUT2D eigenvalue weighted by molar-refractivity contribution is 0.0748. The SMILES string of the molecule is CN(C(=O)c1ccc2c(c1)NCCN2)C1CCS(=O)(=O)C1. The van der Waals surface area contributed by atoms with Crippen LogP contribution in [0.1, 0.15) is 16.8 Å². The number of hydrogen-bond acceptors (Lipinski definition) is 5. The second-order valence-corrected chi connectivity index (χ2v) is 7.82. The molecular weight excluding hydrogens is 290 g/mol. The molecule has 2 N–H and O–H groups in total. The molecule has 1 aromatic rings. The van der Waals surface area contributed by atoms with E-state index in [4.69, 9.17) is 0 Å². The van der Waals surface area contributed by atoms with E-state index < -0.39 is 9.84 Å². The normalized spacial score (nSPS) is 22.8. The number of nitrogens with one attached hydrogen (secondary N) is 2. The highest BCUT2D eigenvalue weighted by Gasteiger charge is 2.33. The first kappa shape index (κ1) is 14.2. The van der Waals surface area contributed by atoms with Crippen LogP contribution >= 0.6 is 0 Å². The van der Waals surface area contributed by atoms with Crippen molar-refractivity contribution in [2.24, 2.45) is 0 Å². The molecule has 1 amide bonds. The third-order valence-corrected chi connectivity index (χ3v) is 5.85. The van der Waals surface area contributed by atoms with Crippen molar-refractivity contribution in [3.05, 3.63) is 23.8 Å². The minimum Gasteiger partial charge on any atom is -0.382 e. The van der Waals surface area contributed by atoms with E-state index in [1.165, 1.54) is 0 Å². The van der Waals surface area contributed by atoms with E-state index >= 15 is 0 Å². The molecule has 0 radical (unpaired) electrons. The van der Waals surface area contributed by atoms with Crippen molar-refractivity contribution in [1.29, 1.82) is 0 Å². The van der Waals surface area contributed by atoms with Crippen LogP contribution in [0.3, 0.4) is 0 Å². The van der Waals surface area contributed by atoms with E-state index in [1.54, 1.807) is 18.0 Å². The van der Waals surface area contributed by atoms with Gasteiger partial charge in [0.15, 0.2) is 9.84 Å². The van der Waals surface area contributed by atoms with Gasteiger partial charge in [-0.25, -0.2) is 8.42 Å². The molecule has 1 aromatic carbocycles. The predicted molar refractivity (Wildman–Crippen MR) is 82.6 cm³/mol. The summed E-state index contributed by atoms with van der Waals surface area (Å²) in [7, 11) is -1.31. The summed E-state index contributed by atoms with van der Waals surface area (Å²) >= 11 is 0. The number of carbonyl (C=O) groups is 1. The number of amides is 1. The molecular formula is C14H19N3O3S. The molecule has 3 rings (SSSR count). The lowest BCUT2D eigenvalue weighted by Crippen LogP contribution is -2.37. The zero-order valence-electron chi connectivity index (χ0n) is 11.9. The molecule has 0 saturated carbocycles. The summed E-state index contributed by atoms with van der Waals surface area (Å²) in [6, 6.07) is 5.27. The zero-order chi connectivity index (χ0) is 15.0. The van der Waals surface area contributed by atoms with Crippen molar-refractivity contribution in [3.63, 3.8) is 0 Å². The third-order valence-electron chi connectivity index (χ3n) is 4.10. The standard InChI is InChI=1S/C14H19N3O3S/c1-17(11-4-7-21(19,20)9-11)14(18)10-2-3-12-13(8-10)16-6-5-15-12/h2-3,8,11,15-16H,4-7,9H2,1H3. The van der Waals surface area contributed by atoms with Gasteiger partial charge in [0.1, 0.15) is 0 Å². The van der Waals surface area contributed by atoms with Crippen LogP contribution in [0.4, 0.5) is 11.4 Å². The van der Waals surface area contributed by atoms with Gasteiger partial charge in [-0.15, -0.1) is 0 Å². The first-order valence-electron chi connectivity index (χ1n) is 7.06. The average Bonchev–Trinajstić information content (AvgIpc) is 2.85. The fraction of sp³-hybridized carbons (Fsp3) is 0.500. The second-order valence-electron chi connectivity index (χ2n) is 5.59. The molecule has 114 valence electrons. The van der Waals surface area contributed by atoms with Crippen LogP contribution in [0.2, 0.25) is 0 Å². The van der Waals surface area contributed by atoms with Crippen molar-refractivity contribution in [2.75, 3.05) is 42.3 Å². The Balaban J connectivity index is 1.79. The number of carbonyl (C=O) groups excluding carboxylic acids is 1. The first-order chi connectivity index (χ1) is 9.96. The predicted octanol–water partition coefficient (Wildman–Crippen LogP) is 0.783. The van der Waals surface area contributed by atoms with Crippen molar-refractivity contribution in [3.8, 4) is 0 Å². The van der Waals surface area contributed by atoms with Crippen LogP contribution < -0.4 is 10.6 Å². The summed E-state index contributed by atoms with van der Waals surface area (Å²) in [6.45, 7) is 1.68. The Hall–Kier alpha value is -1.76. The van der Waals surface area contributed by atoms with Gasteiger partial charge < -0.3 is 15.5 Å². The molecule has 1 fully saturated rings. The van der Waals surface area contributed by atoms with Crippen LogP contribution in [0, 0.1) is 0 Å². The van der Waals surface area contributed by atoms with Crippen LogP contribution in [-0.2, 0) is 9.84 Å². The molecule has 2 heterocycles. The number of fused-ring (bicyclic) bond motifs is 1. The molecule has 21 heavy (non-hydrogen) atoms. The van der Waals surface area contributed by atoms with Gasteiger partial charge in [-0.1, -0.05) is 0 Å². The molecule has 0 spiro atoms. The Labute approximate surface area is 124 Å². The van der Waals surface area contributed by atoms with Crippen LogP contribution in [0.5, 0.6) is 0 Å². The summed E-state index contributed by atoms with van der Waals surface area (Å²) in [6.07, 6.45) is 0.523. The minimum atomic E-state index is -2.99. The van der Waals surface area contributed by atoms with Gasteiger partial charge in [0.05, 0.1) is 22.9 Å². The lowest BCUT2D eigenvalue weighted by Gasteiger charge is -2.25. The maximum Gasteiger partial charge on any atom is 0.253 e. The molecule has 0 aliphatic carbocycles. The largest absolute Gasteiger partial charge is 0.382 e. The molecule has 0 bridgehead atoms. The van der Waals surface area contributed by atoms with Crippen LogP contribution in [-0.4, -0.2) is 56.9 Å². The van der Waals surface area contributed by atoms with Gasteiger partial charge in [0, 0.05) is 31.7 Å². The number of hydrogen-bond donors (Lipinski definition) is 2.